The van der Waals surface area contributed by atoms with E-state index in [2.05, 4.69) is 27.2 Å². The Kier molecular flexibility index (Phi) is 4.46. The number of nitrogens with one attached hydrogen (secondary N) is 1. The van der Waals surface area contributed by atoms with Crippen LogP contribution in [0.2, 0.25) is 0 Å². The van der Waals surface area contributed by atoms with Gasteiger partial charge in [0.1, 0.15) is 0 Å². The zero-order valence-corrected chi connectivity index (χ0v) is 14.2. The van der Waals surface area contributed by atoms with Crippen LogP contribution >= 0.6 is 0 Å². The monoisotopic (exact) mass is 334 g/mol. The lowest BCUT2D eigenvalue weighted by molar-refractivity contribution is -0.132. The number of rotatable bonds is 4. The third kappa shape index (κ3) is 3.40. The van der Waals surface area contributed by atoms with E-state index >= 15 is 0 Å². The van der Waals surface area contributed by atoms with Crippen LogP contribution in [-0.4, -0.2) is 38.8 Å². The highest BCUT2D eigenvalue weighted by atomic mass is 16.2. The molecule has 1 aliphatic rings. The summed E-state index contributed by atoms with van der Waals surface area (Å²) in [6.07, 6.45) is 10.9. The van der Waals surface area contributed by atoms with Gasteiger partial charge in [-0.1, -0.05) is 6.07 Å². The second kappa shape index (κ2) is 7.05. The molecule has 0 spiro atoms. The summed E-state index contributed by atoms with van der Waals surface area (Å²) in [6, 6.07) is 7.95. The van der Waals surface area contributed by atoms with Gasteiger partial charge in [-0.25, -0.2) is 0 Å². The van der Waals surface area contributed by atoms with Crippen LogP contribution in [0.25, 0.3) is 11.0 Å². The first-order chi connectivity index (χ1) is 12.3. The summed E-state index contributed by atoms with van der Waals surface area (Å²) in [6.45, 7) is 1.66. The second-order valence-electron chi connectivity index (χ2n) is 6.66. The molecule has 1 saturated heterocycles. The Hall–Kier alpha value is -2.69. The van der Waals surface area contributed by atoms with Gasteiger partial charge in [0.25, 0.3) is 0 Å². The molecule has 0 aliphatic carbocycles. The van der Waals surface area contributed by atoms with Gasteiger partial charge in [0, 0.05) is 44.3 Å². The Morgan fingerprint density at radius 3 is 2.84 bits per heavy atom. The molecule has 1 N–H and O–H groups in total. The standard InChI is InChI=1S/C20H22N4O/c25-19(6-5-15-3-1-9-21-13-15)24-11-7-16(8-12-24)17-14-23-18-4-2-10-22-20(17)18/h1-4,9-10,13-14,16,23H,5-8,11-12H2. The highest BCUT2D eigenvalue weighted by molar-refractivity contribution is 5.79. The molecule has 25 heavy (non-hydrogen) atoms. The van der Waals surface area contributed by atoms with Crippen molar-refractivity contribution in [3.05, 3.63) is 60.2 Å². The number of carbonyl (C=O) groups excluding carboxylic acids is 1. The maximum atomic E-state index is 12.5. The number of aryl methyl sites for hydroxylation is 1. The molecule has 3 aromatic heterocycles. The maximum Gasteiger partial charge on any atom is 0.222 e. The Bertz CT molecular complexity index is 850. The molecule has 1 aliphatic heterocycles. The first-order valence-electron chi connectivity index (χ1n) is 8.90. The first kappa shape index (κ1) is 15.8. The van der Waals surface area contributed by atoms with Gasteiger partial charge in [-0.15, -0.1) is 0 Å². The zero-order valence-electron chi connectivity index (χ0n) is 14.2. The molecule has 0 bridgehead atoms. The Morgan fingerprint density at radius 2 is 2.04 bits per heavy atom. The van der Waals surface area contributed by atoms with Gasteiger partial charge < -0.3 is 9.88 Å². The fraction of sp³-hybridized carbons (Fsp3) is 0.350. The summed E-state index contributed by atoms with van der Waals surface area (Å²) in [5.74, 6) is 0.727. The van der Waals surface area contributed by atoms with E-state index < -0.39 is 0 Å². The average molecular weight is 334 g/mol. The molecule has 0 atom stereocenters. The molecule has 4 heterocycles. The third-order valence-electron chi connectivity index (χ3n) is 5.10. The van der Waals surface area contributed by atoms with Crippen LogP contribution in [-0.2, 0) is 11.2 Å². The van der Waals surface area contributed by atoms with E-state index in [-0.39, 0.29) is 5.91 Å². The molecular weight excluding hydrogens is 312 g/mol. The topological polar surface area (TPSA) is 61.9 Å². The minimum atomic E-state index is 0.249. The van der Waals surface area contributed by atoms with E-state index in [1.54, 1.807) is 6.20 Å². The lowest BCUT2D eigenvalue weighted by Crippen LogP contribution is -2.38. The number of likely N-dealkylation sites (tertiary alicyclic amines) is 1. The Labute approximate surface area is 147 Å². The molecule has 1 fully saturated rings. The van der Waals surface area contributed by atoms with Crippen molar-refractivity contribution in [3.8, 4) is 0 Å². The van der Waals surface area contributed by atoms with Gasteiger partial charge in [-0.2, -0.15) is 0 Å². The number of piperidine rings is 1. The van der Waals surface area contributed by atoms with Crippen LogP contribution in [0, 0.1) is 0 Å². The minimum Gasteiger partial charge on any atom is -0.360 e. The number of amides is 1. The van der Waals surface area contributed by atoms with Crippen LogP contribution in [0.5, 0.6) is 0 Å². The number of aromatic nitrogens is 3. The maximum absolute atomic E-state index is 12.5. The van der Waals surface area contributed by atoms with Crippen LogP contribution in [0.15, 0.2) is 49.1 Å². The van der Waals surface area contributed by atoms with E-state index in [1.807, 2.05) is 35.5 Å². The fourth-order valence-corrected chi connectivity index (χ4v) is 3.68. The zero-order chi connectivity index (χ0) is 17.1. The normalized spacial score (nSPS) is 15.6. The quantitative estimate of drug-likeness (QED) is 0.796. The van der Waals surface area contributed by atoms with Gasteiger partial charge in [0.2, 0.25) is 5.91 Å². The number of aromatic amines is 1. The van der Waals surface area contributed by atoms with Crippen molar-refractivity contribution in [1.82, 2.24) is 19.9 Å². The molecule has 3 aromatic rings. The van der Waals surface area contributed by atoms with Crippen molar-refractivity contribution in [1.29, 1.82) is 0 Å². The molecule has 4 rings (SSSR count). The SMILES string of the molecule is O=C(CCc1cccnc1)N1CCC(c2c[nH]c3cccnc23)CC1. The predicted molar refractivity (Wildman–Crippen MR) is 97.2 cm³/mol. The average Bonchev–Trinajstić information content (AvgIpc) is 3.11. The predicted octanol–water partition coefficient (Wildman–Crippen LogP) is 3.30. The summed E-state index contributed by atoms with van der Waals surface area (Å²) >= 11 is 0. The van der Waals surface area contributed by atoms with Gasteiger partial charge in [0.15, 0.2) is 0 Å². The van der Waals surface area contributed by atoms with Crippen molar-refractivity contribution < 1.29 is 4.79 Å². The third-order valence-corrected chi connectivity index (χ3v) is 5.10. The van der Waals surface area contributed by atoms with Crippen LogP contribution in [0.4, 0.5) is 0 Å². The molecule has 0 aromatic carbocycles. The number of pyridine rings is 2. The molecule has 0 unspecified atom stereocenters. The molecule has 0 saturated carbocycles. The second-order valence-corrected chi connectivity index (χ2v) is 6.66. The van der Waals surface area contributed by atoms with Crippen LogP contribution in [0.3, 0.4) is 0 Å². The molecule has 5 heteroatoms. The molecule has 0 radical (unpaired) electrons. The number of carbonyl (C=O) groups is 1. The lowest BCUT2D eigenvalue weighted by atomic mass is 9.90. The van der Waals surface area contributed by atoms with Crippen molar-refractivity contribution in [2.75, 3.05) is 13.1 Å². The van der Waals surface area contributed by atoms with E-state index in [0.717, 1.165) is 48.9 Å². The summed E-state index contributed by atoms with van der Waals surface area (Å²) < 4.78 is 0. The lowest BCUT2D eigenvalue weighted by Gasteiger charge is -2.32. The summed E-state index contributed by atoms with van der Waals surface area (Å²) in [7, 11) is 0. The summed E-state index contributed by atoms with van der Waals surface area (Å²) in [5.41, 5.74) is 4.57. The van der Waals surface area contributed by atoms with E-state index in [9.17, 15) is 4.79 Å². The Morgan fingerprint density at radius 1 is 1.20 bits per heavy atom. The Balaban J connectivity index is 1.34. The van der Waals surface area contributed by atoms with E-state index in [1.165, 1.54) is 5.56 Å². The van der Waals surface area contributed by atoms with Gasteiger partial charge >= 0.3 is 0 Å². The largest absolute Gasteiger partial charge is 0.360 e. The number of hydrogen-bond acceptors (Lipinski definition) is 3. The number of nitrogens with zero attached hydrogens (tertiary/aromatic N) is 3. The first-order valence-corrected chi connectivity index (χ1v) is 8.90. The summed E-state index contributed by atoms with van der Waals surface area (Å²) in [4.78, 5) is 26.4. The molecular formula is C20H22N4O. The molecule has 128 valence electrons. The highest BCUT2D eigenvalue weighted by Crippen LogP contribution is 2.32. The van der Waals surface area contributed by atoms with Crippen molar-refractivity contribution in [2.45, 2.75) is 31.6 Å². The van der Waals surface area contributed by atoms with Gasteiger partial charge in [-0.05, 0) is 54.5 Å². The van der Waals surface area contributed by atoms with E-state index in [0.29, 0.717) is 12.3 Å². The van der Waals surface area contributed by atoms with E-state index in [4.69, 9.17) is 0 Å². The highest BCUT2D eigenvalue weighted by Gasteiger charge is 2.25. The molecule has 1 amide bonds. The van der Waals surface area contributed by atoms with Crippen molar-refractivity contribution in [2.24, 2.45) is 0 Å². The number of H-pyrrole nitrogens is 1. The van der Waals surface area contributed by atoms with Gasteiger partial charge in [0.05, 0.1) is 11.0 Å². The van der Waals surface area contributed by atoms with Crippen molar-refractivity contribution >= 4 is 16.9 Å². The van der Waals surface area contributed by atoms with Gasteiger partial charge in [-0.3, -0.25) is 14.8 Å². The number of hydrogen-bond donors (Lipinski definition) is 1. The van der Waals surface area contributed by atoms with Crippen LogP contribution in [0.1, 0.15) is 36.3 Å². The smallest absolute Gasteiger partial charge is 0.222 e. The molecule has 5 nitrogen and oxygen atoms in total. The number of fused-ring (bicyclic) bond motifs is 1. The fourth-order valence-electron chi connectivity index (χ4n) is 3.68. The van der Waals surface area contributed by atoms with Crippen LogP contribution < -0.4 is 0 Å². The summed E-state index contributed by atoms with van der Waals surface area (Å²) in [5, 5.41) is 0. The van der Waals surface area contributed by atoms with Crippen molar-refractivity contribution in [3.63, 3.8) is 0 Å². The minimum absolute atomic E-state index is 0.249.